The van der Waals surface area contributed by atoms with E-state index in [2.05, 4.69) is 112 Å². The summed E-state index contributed by atoms with van der Waals surface area (Å²) in [7, 11) is -1.71. The van der Waals surface area contributed by atoms with Crippen molar-refractivity contribution in [2.24, 2.45) is 0 Å². The van der Waals surface area contributed by atoms with Gasteiger partial charge in [-0.3, -0.25) is 0 Å². The first kappa shape index (κ1) is 17.3. The number of benzene rings is 3. The molecule has 132 valence electrons. The molecular formula is C25H28Si. The fourth-order valence-electron chi connectivity index (χ4n) is 5.24. The van der Waals surface area contributed by atoms with Gasteiger partial charge in [0.05, 0.1) is 8.07 Å². The molecule has 0 spiro atoms. The van der Waals surface area contributed by atoms with Crippen molar-refractivity contribution in [1.29, 1.82) is 0 Å². The van der Waals surface area contributed by atoms with Gasteiger partial charge in [-0.2, -0.15) is 0 Å². The largest absolute Gasteiger partial charge is 0.0682 e. The van der Waals surface area contributed by atoms with Gasteiger partial charge in [-0.1, -0.05) is 112 Å². The van der Waals surface area contributed by atoms with Crippen LogP contribution in [0.15, 0.2) is 78.9 Å². The van der Waals surface area contributed by atoms with Crippen LogP contribution in [-0.4, -0.2) is 8.07 Å². The Morgan fingerprint density at radius 2 is 0.923 bits per heavy atom. The van der Waals surface area contributed by atoms with Crippen LogP contribution in [0, 0.1) is 0 Å². The maximum Gasteiger partial charge on any atom is 0.0668 e. The van der Waals surface area contributed by atoms with Crippen LogP contribution in [0.2, 0.25) is 19.6 Å². The van der Waals surface area contributed by atoms with Gasteiger partial charge in [0.2, 0.25) is 0 Å². The van der Waals surface area contributed by atoms with E-state index in [-0.39, 0.29) is 10.5 Å². The second kappa shape index (κ2) is 5.69. The van der Waals surface area contributed by atoms with Crippen LogP contribution < -0.4 is 0 Å². The fraction of sp³-hybridized carbons (Fsp3) is 0.280. The zero-order chi connectivity index (χ0) is 18.6. The van der Waals surface area contributed by atoms with Crippen molar-refractivity contribution in [1.82, 2.24) is 0 Å². The lowest BCUT2D eigenvalue weighted by molar-refractivity contribution is 0.577. The highest BCUT2D eigenvalue weighted by molar-refractivity contribution is 6.80. The van der Waals surface area contributed by atoms with Crippen LogP contribution in [0.4, 0.5) is 0 Å². The summed E-state index contributed by atoms with van der Waals surface area (Å²) < 4.78 is 0. The maximum absolute atomic E-state index is 2.52. The molecule has 3 aromatic rings. The number of hydrogen-bond donors (Lipinski definition) is 0. The van der Waals surface area contributed by atoms with Crippen LogP contribution in [0.1, 0.15) is 41.7 Å². The van der Waals surface area contributed by atoms with Crippen molar-refractivity contribution < 1.29 is 0 Å². The van der Waals surface area contributed by atoms with Crippen LogP contribution >= 0.6 is 0 Å². The molecule has 0 bridgehead atoms. The van der Waals surface area contributed by atoms with Crippen molar-refractivity contribution in [2.45, 2.75) is 43.9 Å². The standard InChI is InChI=1S/C25H28Si/c1-24(2)20-15-9-11-17-22(20)25(26(3,4)5,19-13-7-6-8-14-19)23-18-12-10-16-21(23)24/h6-18H,1-5H3. The minimum atomic E-state index is -1.71. The van der Waals surface area contributed by atoms with Crippen LogP contribution in [0.25, 0.3) is 0 Å². The molecule has 0 aromatic heterocycles. The van der Waals surface area contributed by atoms with Crippen molar-refractivity contribution >= 4 is 8.07 Å². The van der Waals surface area contributed by atoms with Gasteiger partial charge in [0.25, 0.3) is 0 Å². The summed E-state index contributed by atoms with van der Waals surface area (Å²) in [4.78, 5) is 0. The van der Waals surface area contributed by atoms with Gasteiger partial charge in [0.1, 0.15) is 0 Å². The first-order chi connectivity index (χ1) is 12.3. The summed E-state index contributed by atoms with van der Waals surface area (Å²) in [6.45, 7) is 12.3. The van der Waals surface area contributed by atoms with Crippen LogP contribution in [-0.2, 0) is 10.5 Å². The molecule has 1 aliphatic rings. The molecule has 0 unspecified atom stereocenters. The predicted molar refractivity (Wildman–Crippen MR) is 115 cm³/mol. The Morgan fingerprint density at radius 3 is 1.35 bits per heavy atom. The first-order valence-corrected chi connectivity index (χ1v) is 13.1. The smallest absolute Gasteiger partial charge is 0.0668 e. The molecule has 26 heavy (non-hydrogen) atoms. The molecule has 1 aliphatic carbocycles. The molecule has 0 atom stereocenters. The summed E-state index contributed by atoms with van der Waals surface area (Å²) in [5, 5.41) is -0.0308. The van der Waals surface area contributed by atoms with E-state index >= 15 is 0 Å². The average molecular weight is 357 g/mol. The van der Waals surface area contributed by atoms with Crippen molar-refractivity contribution in [3.05, 3.63) is 107 Å². The number of hydrogen-bond acceptors (Lipinski definition) is 0. The Hall–Kier alpha value is -2.12. The molecular weight excluding hydrogens is 328 g/mol. The Kier molecular flexibility index (Phi) is 3.78. The third kappa shape index (κ3) is 2.13. The monoisotopic (exact) mass is 356 g/mol. The summed E-state index contributed by atoms with van der Waals surface area (Å²) in [6.07, 6.45) is 0. The summed E-state index contributed by atoms with van der Waals surface area (Å²) in [5.41, 5.74) is 7.43. The average Bonchev–Trinajstić information content (AvgIpc) is 2.62. The van der Waals surface area contributed by atoms with Crippen LogP contribution in [0.5, 0.6) is 0 Å². The lowest BCUT2D eigenvalue weighted by Crippen LogP contribution is -2.55. The topological polar surface area (TPSA) is 0 Å². The Bertz CT molecular complexity index is 896. The van der Waals surface area contributed by atoms with Crippen molar-refractivity contribution in [3.8, 4) is 0 Å². The van der Waals surface area contributed by atoms with E-state index in [4.69, 9.17) is 0 Å². The molecule has 0 N–H and O–H groups in total. The van der Waals surface area contributed by atoms with Crippen molar-refractivity contribution in [2.75, 3.05) is 0 Å². The lowest BCUT2D eigenvalue weighted by atomic mass is 9.63. The highest BCUT2D eigenvalue weighted by Gasteiger charge is 2.54. The Morgan fingerprint density at radius 1 is 0.538 bits per heavy atom. The Balaban J connectivity index is 2.24. The van der Waals surface area contributed by atoms with E-state index in [9.17, 15) is 0 Å². The second-order valence-corrected chi connectivity index (χ2v) is 14.3. The summed E-state index contributed by atoms with van der Waals surface area (Å²) >= 11 is 0. The second-order valence-electron chi connectivity index (χ2n) is 9.08. The SMILES string of the molecule is CC1(C)c2ccccc2C(c2ccccc2)([Si](C)(C)C)c2ccccc21. The van der Waals surface area contributed by atoms with E-state index in [1.807, 2.05) is 0 Å². The molecule has 0 saturated carbocycles. The molecule has 0 aliphatic heterocycles. The van der Waals surface area contributed by atoms with Gasteiger partial charge in [-0.25, -0.2) is 0 Å². The van der Waals surface area contributed by atoms with Gasteiger partial charge < -0.3 is 0 Å². The summed E-state index contributed by atoms with van der Waals surface area (Å²) in [5.74, 6) is 0. The molecule has 3 aromatic carbocycles. The molecule has 0 amide bonds. The minimum Gasteiger partial charge on any atom is -0.0682 e. The highest BCUT2D eigenvalue weighted by atomic mass is 28.3. The van der Waals surface area contributed by atoms with E-state index in [1.54, 1.807) is 0 Å². The van der Waals surface area contributed by atoms with E-state index < -0.39 is 8.07 Å². The molecule has 0 radical (unpaired) electrons. The maximum atomic E-state index is 2.52. The molecule has 0 saturated heterocycles. The summed E-state index contributed by atoms with van der Waals surface area (Å²) in [6, 6.07) is 29.5. The van der Waals surface area contributed by atoms with Crippen LogP contribution in [0.3, 0.4) is 0 Å². The van der Waals surface area contributed by atoms with Gasteiger partial charge in [-0.15, -0.1) is 0 Å². The van der Waals surface area contributed by atoms with Gasteiger partial charge in [0, 0.05) is 10.5 Å². The van der Waals surface area contributed by atoms with E-state index in [0.29, 0.717) is 0 Å². The number of fused-ring (bicyclic) bond motifs is 2. The fourth-order valence-corrected chi connectivity index (χ4v) is 8.33. The molecule has 0 fully saturated rings. The molecule has 0 heterocycles. The third-order valence-electron chi connectivity index (χ3n) is 6.34. The molecule has 0 nitrogen and oxygen atoms in total. The minimum absolute atomic E-state index is 0.0190. The quantitative estimate of drug-likeness (QED) is 0.457. The zero-order valence-corrected chi connectivity index (χ0v) is 17.5. The van der Waals surface area contributed by atoms with E-state index in [1.165, 1.54) is 27.8 Å². The van der Waals surface area contributed by atoms with Gasteiger partial charge in [-0.05, 0) is 27.8 Å². The first-order valence-electron chi connectivity index (χ1n) is 9.57. The van der Waals surface area contributed by atoms with Crippen molar-refractivity contribution in [3.63, 3.8) is 0 Å². The normalized spacial score (nSPS) is 17.3. The third-order valence-corrected chi connectivity index (χ3v) is 9.42. The zero-order valence-electron chi connectivity index (χ0n) is 16.5. The predicted octanol–water partition coefficient (Wildman–Crippen LogP) is 6.54. The highest BCUT2D eigenvalue weighted by Crippen LogP contribution is 2.56. The Labute approximate surface area is 158 Å². The van der Waals surface area contributed by atoms with Gasteiger partial charge in [0.15, 0.2) is 0 Å². The van der Waals surface area contributed by atoms with E-state index in [0.717, 1.165) is 0 Å². The lowest BCUT2D eigenvalue weighted by Gasteiger charge is -2.53. The van der Waals surface area contributed by atoms with Gasteiger partial charge >= 0.3 is 0 Å². The number of rotatable bonds is 2. The molecule has 4 rings (SSSR count). The molecule has 1 heteroatoms.